The number of carbonyl (C=O) groups excluding carboxylic acids is 1. The first kappa shape index (κ1) is 13.2. The van der Waals surface area contributed by atoms with Crippen LogP contribution in [0.2, 0.25) is 0 Å². The summed E-state index contributed by atoms with van der Waals surface area (Å²) in [6.45, 7) is 2.26. The molecule has 2 heterocycles. The maximum Gasteiger partial charge on any atom is 0.248 e. The highest BCUT2D eigenvalue weighted by atomic mass is 16.2. The van der Waals surface area contributed by atoms with Crippen LogP contribution < -0.4 is 5.32 Å². The lowest BCUT2D eigenvalue weighted by atomic mass is 9.84. The molecule has 1 aliphatic carbocycles. The number of amides is 1. The van der Waals surface area contributed by atoms with Crippen molar-refractivity contribution in [3.8, 4) is 0 Å². The van der Waals surface area contributed by atoms with Crippen molar-refractivity contribution in [2.45, 2.75) is 51.4 Å². The fourth-order valence-corrected chi connectivity index (χ4v) is 3.33. The molecule has 1 aromatic rings. The van der Waals surface area contributed by atoms with Gasteiger partial charge < -0.3 is 10.2 Å². The predicted molar refractivity (Wildman–Crippen MR) is 76.4 cm³/mol. The number of aromatic nitrogens is 2. The van der Waals surface area contributed by atoms with Crippen molar-refractivity contribution in [3.63, 3.8) is 0 Å². The Hall–Kier alpha value is -1.78. The van der Waals surface area contributed by atoms with Crippen LogP contribution in [0.5, 0.6) is 0 Å². The molecule has 0 bridgehead atoms. The normalized spacial score (nSPS) is 25.6. The summed E-state index contributed by atoms with van der Waals surface area (Å²) in [6, 6.07) is 2.29. The SMILES string of the molecule is C[C@@H](C1CCCCC1)N1C=CC(=O)NC1n1cccn1. The second-order valence-electron chi connectivity index (χ2n) is 5.77. The third-order valence-electron chi connectivity index (χ3n) is 4.53. The molecule has 3 rings (SSSR count). The number of carbonyl (C=O) groups is 1. The first-order valence-electron chi connectivity index (χ1n) is 7.51. The Kier molecular flexibility index (Phi) is 3.76. The van der Waals surface area contributed by atoms with E-state index in [1.54, 1.807) is 17.0 Å². The number of hydrogen-bond acceptors (Lipinski definition) is 3. The molecule has 0 saturated heterocycles. The molecule has 1 aliphatic heterocycles. The van der Waals surface area contributed by atoms with Gasteiger partial charge in [0.15, 0.2) is 0 Å². The van der Waals surface area contributed by atoms with Crippen LogP contribution in [0.3, 0.4) is 0 Å². The predicted octanol–water partition coefficient (Wildman–Crippen LogP) is 2.25. The molecular weight excluding hydrogens is 252 g/mol. The molecule has 2 atom stereocenters. The highest BCUT2D eigenvalue weighted by molar-refractivity contribution is 5.88. The van der Waals surface area contributed by atoms with Crippen molar-refractivity contribution >= 4 is 5.91 Å². The molecule has 1 unspecified atom stereocenters. The van der Waals surface area contributed by atoms with E-state index < -0.39 is 0 Å². The summed E-state index contributed by atoms with van der Waals surface area (Å²) >= 11 is 0. The van der Waals surface area contributed by atoms with Gasteiger partial charge in [0.05, 0.1) is 0 Å². The van der Waals surface area contributed by atoms with Gasteiger partial charge >= 0.3 is 0 Å². The van der Waals surface area contributed by atoms with Gasteiger partial charge in [-0.3, -0.25) is 4.79 Å². The molecule has 108 valence electrons. The summed E-state index contributed by atoms with van der Waals surface area (Å²) in [5.74, 6) is 0.638. The van der Waals surface area contributed by atoms with Gasteiger partial charge in [0, 0.05) is 30.7 Å². The van der Waals surface area contributed by atoms with Crippen molar-refractivity contribution in [2.75, 3.05) is 0 Å². The van der Waals surface area contributed by atoms with Gasteiger partial charge in [-0.25, -0.2) is 4.68 Å². The van der Waals surface area contributed by atoms with Gasteiger partial charge in [-0.15, -0.1) is 0 Å². The van der Waals surface area contributed by atoms with Gasteiger partial charge in [0.2, 0.25) is 12.2 Å². The zero-order chi connectivity index (χ0) is 13.9. The van der Waals surface area contributed by atoms with Crippen LogP contribution >= 0.6 is 0 Å². The van der Waals surface area contributed by atoms with Crippen molar-refractivity contribution in [3.05, 3.63) is 30.7 Å². The van der Waals surface area contributed by atoms with E-state index in [9.17, 15) is 4.79 Å². The highest BCUT2D eigenvalue weighted by Crippen LogP contribution is 2.31. The van der Waals surface area contributed by atoms with E-state index in [1.165, 1.54) is 32.1 Å². The Balaban J connectivity index is 1.80. The minimum Gasteiger partial charge on any atom is -0.336 e. The molecule has 1 saturated carbocycles. The van der Waals surface area contributed by atoms with E-state index in [4.69, 9.17) is 0 Å². The van der Waals surface area contributed by atoms with Crippen molar-refractivity contribution in [1.29, 1.82) is 0 Å². The Morgan fingerprint density at radius 2 is 2.15 bits per heavy atom. The Labute approximate surface area is 119 Å². The number of nitrogens with zero attached hydrogens (tertiary/aromatic N) is 3. The zero-order valence-corrected chi connectivity index (χ0v) is 11.9. The first-order valence-corrected chi connectivity index (χ1v) is 7.51. The van der Waals surface area contributed by atoms with E-state index in [1.807, 2.05) is 18.5 Å². The number of hydrogen-bond donors (Lipinski definition) is 1. The summed E-state index contributed by atoms with van der Waals surface area (Å²) < 4.78 is 1.81. The average molecular weight is 274 g/mol. The third kappa shape index (κ3) is 2.57. The molecule has 1 N–H and O–H groups in total. The minimum atomic E-state index is -0.209. The summed E-state index contributed by atoms with van der Waals surface area (Å²) in [4.78, 5) is 13.9. The van der Waals surface area contributed by atoms with E-state index in [0.717, 1.165) is 0 Å². The van der Waals surface area contributed by atoms with E-state index in [0.29, 0.717) is 12.0 Å². The lowest BCUT2D eigenvalue weighted by Crippen LogP contribution is -2.50. The standard InChI is InChI=1S/C15H22N4O/c1-12(13-6-3-2-4-7-13)18-11-8-14(20)17-15(18)19-10-5-9-16-19/h5,8-13,15H,2-4,6-7H2,1H3,(H,17,20)/t12-,15?/m0/s1. The van der Waals surface area contributed by atoms with E-state index in [-0.39, 0.29) is 12.2 Å². The lowest BCUT2D eigenvalue weighted by molar-refractivity contribution is -0.121. The second kappa shape index (κ2) is 5.69. The molecule has 2 aliphatic rings. The third-order valence-corrected chi connectivity index (χ3v) is 4.53. The molecule has 5 heteroatoms. The maximum absolute atomic E-state index is 11.6. The molecule has 1 amide bonds. The van der Waals surface area contributed by atoms with Gasteiger partial charge in [0.25, 0.3) is 0 Å². The monoisotopic (exact) mass is 274 g/mol. The topological polar surface area (TPSA) is 50.2 Å². The molecule has 20 heavy (non-hydrogen) atoms. The zero-order valence-electron chi connectivity index (χ0n) is 11.9. The average Bonchev–Trinajstić information content (AvgIpc) is 3.01. The number of rotatable bonds is 3. The lowest BCUT2D eigenvalue weighted by Gasteiger charge is -2.42. The van der Waals surface area contributed by atoms with Gasteiger partial charge in [-0.1, -0.05) is 19.3 Å². The quantitative estimate of drug-likeness (QED) is 0.919. The molecule has 0 radical (unpaired) electrons. The highest BCUT2D eigenvalue weighted by Gasteiger charge is 2.31. The smallest absolute Gasteiger partial charge is 0.248 e. The molecule has 1 aromatic heterocycles. The minimum absolute atomic E-state index is 0.0578. The number of nitrogens with one attached hydrogen (secondary N) is 1. The van der Waals surface area contributed by atoms with E-state index >= 15 is 0 Å². The van der Waals surface area contributed by atoms with Crippen LogP contribution in [0.1, 0.15) is 45.3 Å². The van der Waals surface area contributed by atoms with Crippen LogP contribution in [0.25, 0.3) is 0 Å². The first-order chi connectivity index (χ1) is 9.75. The maximum atomic E-state index is 11.6. The van der Waals surface area contributed by atoms with E-state index in [2.05, 4.69) is 22.2 Å². The van der Waals surface area contributed by atoms with Crippen molar-refractivity contribution in [1.82, 2.24) is 20.0 Å². The molecule has 0 spiro atoms. The molecule has 0 aromatic carbocycles. The van der Waals surface area contributed by atoms with Crippen molar-refractivity contribution < 1.29 is 4.79 Å². The van der Waals surface area contributed by atoms with Gasteiger partial charge in [-0.05, 0) is 31.7 Å². The van der Waals surface area contributed by atoms with Crippen LogP contribution in [0.15, 0.2) is 30.7 Å². The second-order valence-corrected chi connectivity index (χ2v) is 5.77. The summed E-state index contributed by atoms with van der Waals surface area (Å²) in [5, 5.41) is 7.27. The van der Waals surface area contributed by atoms with Crippen LogP contribution in [0, 0.1) is 5.92 Å². The summed E-state index contributed by atoms with van der Waals surface area (Å²) in [6.07, 6.45) is 13.5. The fourth-order valence-electron chi connectivity index (χ4n) is 3.33. The Morgan fingerprint density at radius 3 is 2.85 bits per heavy atom. The van der Waals surface area contributed by atoms with Crippen LogP contribution in [-0.4, -0.2) is 26.6 Å². The Morgan fingerprint density at radius 1 is 1.35 bits per heavy atom. The van der Waals surface area contributed by atoms with Gasteiger partial charge in [0.1, 0.15) is 0 Å². The molecule has 1 fully saturated rings. The fraction of sp³-hybridized carbons (Fsp3) is 0.600. The van der Waals surface area contributed by atoms with Crippen LogP contribution in [0.4, 0.5) is 0 Å². The largest absolute Gasteiger partial charge is 0.336 e. The van der Waals surface area contributed by atoms with Crippen LogP contribution in [-0.2, 0) is 4.79 Å². The molecular formula is C15H22N4O. The molecule has 5 nitrogen and oxygen atoms in total. The summed E-state index contributed by atoms with van der Waals surface area (Å²) in [5.41, 5.74) is 0. The van der Waals surface area contributed by atoms with Gasteiger partial charge in [-0.2, -0.15) is 5.10 Å². The summed E-state index contributed by atoms with van der Waals surface area (Å²) in [7, 11) is 0. The Bertz CT molecular complexity index is 476. The van der Waals surface area contributed by atoms with Crippen molar-refractivity contribution in [2.24, 2.45) is 5.92 Å².